The van der Waals surface area contributed by atoms with E-state index in [1.165, 1.54) is 6.92 Å². The van der Waals surface area contributed by atoms with Gasteiger partial charge in [-0.05, 0) is 25.1 Å². The SMILES string of the molecule is CCOc1ccc(NC(C)=O)cc1N(C)C. The van der Waals surface area contributed by atoms with Crippen molar-refractivity contribution in [3.8, 4) is 5.75 Å². The molecule has 0 unspecified atom stereocenters. The van der Waals surface area contributed by atoms with E-state index in [1.54, 1.807) is 0 Å². The number of nitrogens with zero attached hydrogens (tertiary/aromatic N) is 1. The largest absolute Gasteiger partial charge is 0.492 e. The number of hydrogen-bond donors (Lipinski definition) is 1. The van der Waals surface area contributed by atoms with Crippen LogP contribution in [0.1, 0.15) is 13.8 Å². The van der Waals surface area contributed by atoms with Crippen molar-refractivity contribution in [2.24, 2.45) is 0 Å². The van der Waals surface area contributed by atoms with Crippen LogP contribution in [0.5, 0.6) is 5.75 Å². The predicted octanol–water partition coefficient (Wildman–Crippen LogP) is 2.11. The molecule has 0 heterocycles. The molecule has 4 heteroatoms. The minimum Gasteiger partial charge on any atom is -0.492 e. The summed E-state index contributed by atoms with van der Waals surface area (Å²) in [5.41, 5.74) is 1.73. The Labute approximate surface area is 96.2 Å². The number of carbonyl (C=O) groups is 1. The number of anilines is 2. The molecule has 88 valence electrons. The monoisotopic (exact) mass is 222 g/mol. The molecule has 0 saturated heterocycles. The Morgan fingerprint density at radius 2 is 2.12 bits per heavy atom. The van der Waals surface area contributed by atoms with E-state index in [9.17, 15) is 4.79 Å². The first-order valence-electron chi connectivity index (χ1n) is 5.26. The van der Waals surface area contributed by atoms with Gasteiger partial charge < -0.3 is 15.0 Å². The molecule has 1 aromatic rings. The Kier molecular flexibility index (Phi) is 4.17. The molecule has 0 radical (unpaired) electrons. The Hall–Kier alpha value is -1.71. The molecule has 1 amide bonds. The standard InChI is InChI=1S/C12H18N2O2/c1-5-16-12-7-6-10(13-9(2)15)8-11(12)14(3)4/h6-8H,5H2,1-4H3,(H,13,15). The number of benzene rings is 1. The van der Waals surface area contributed by atoms with Crippen molar-refractivity contribution >= 4 is 17.3 Å². The molecule has 0 aromatic heterocycles. The normalized spacial score (nSPS) is 9.75. The molecule has 0 fully saturated rings. The summed E-state index contributed by atoms with van der Waals surface area (Å²) in [7, 11) is 3.88. The van der Waals surface area contributed by atoms with Crippen LogP contribution in [-0.2, 0) is 4.79 Å². The maximum Gasteiger partial charge on any atom is 0.221 e. The van der Waals surface area contributed by atoms with E-state index in [4.69, 9.17) is 4.74 Å². The lowest BCUT2D eigenvalue weighted by atomic mass is 10.2. The van der Waals surface area contributed by atoms with Gasteiger partial charge in [-0.15, -0.1) is 0 Å². The third kappa shape index (κ3) is 3.15. The summed E-state index contributed by atoms with van der Waals surface area (Å²) >= 11 is 0. The second-order valence-electron chi connectivity index (χ2n) is 3.69. The van der Waals surface area contributed by atoms with Gasteiger partial charge in [0, 0.05) is 26.7 Å². The van der Waals surface area contributed by atoms with E-state index >= 15 is 0 Å². The van der Waals surface area contributed by atoms with Gasteiger partial charge in [0.2, 0.25) is 5.91 Å². The first-order valence-corrected chi connectivity index (χ1v) is 5.26. The molecule has 0 aliphatic carbocycles. The molecule has 0 atom stereocenters. The summed E-state index contributed by atoms with van der Waals surface area (Å²) < 4.78 is 5.50. The second kappa shape index (κ2) is 5.39. The van der Waals surface area contributed by atoms with Crippen LogP contribution in [0.2, 0.25) is 0 Å². The zero-order valence-electron chi connectivity index (χ0n) is 10.2. The molecule has 16 heavy (non-hydrogen) atoms. The highest BCUT2D eigenvalue weighted by atomic mass is 16.5. The molecule has 0 aliphatic rings. The van der Waals surface area contributed by atoms with Crippen molar-refractivity contribution in [3.63, 3.8) is 0 Å². The Morgan fingerprint density at radius 3 is 2.62 bits per heavy atom. The highest BCUT2D eigenvalue weighted by Gasteiger charge is 2.07. The summed E-state index contributed by atoms with van der Waals surface area (Å²) in [5, 5.41) is 2.75. The number of nitrogens with one attached hydrogen (secondary N) is 1. The molecule has 4 nitrogen and oxygen atoms in total. The summed E-state index contributed by atoms with van der Waals surface area (Å²) in [6, 6.07) is 5.59. The van der Waals surface area contributed by atoms with Crippen LogP contribution < -0.4 is 15.0 Å². The van der Waals surface area contributed by atoms with Crippen molar-refractivity contribution in [2.75, 3.05) is 30.9 Å². The van der Waals surface area contributed by atoms with Crippen LogP contribution in [0, 0.1) is 0 Å². The molecule has 1 rings (SSSR count). The van der Waals surface area contributed by atoms with Crippen LogP contribution in [-0.4, -0.2) is 26.6 Å². The van der Waals surface area contributed by atoms with Gasteiger partial charge in [-0.2, -0.15) is 0 Å². The summed E-state index contributed by atoms with van der Waals surface area (Å²) in [4.78, 5) is 12.9. The number of carbonyl (C=O) groups excluding carboxylic acids is 1. The molecule has 1 N–H and O–H groups in total. The zero-order chi connectivity index (χ0) is 12.1. The first kappa shape index (κ1) is 12.4. The molecular weight excluding hydrogens is 204 g/mol. The van der Waals surface area contributed by atoms with Crippen molar-refractivity contribution in [1.29, 1.82) is 0 Å². The average Bonchev–Trinajstić information content (AvgIpc) is 2.19. The highest BCUT2D eigenvalue weighted by Crippen LogP contribution is 2.30. The van der Waals surface area contributed by atoms with Crippen LogP contribution >= 0.6 is 0 Å². The van der Waals surface area contributed by atoms with E-state index in [1.807, 2.05) is 44.1 Å². The van der Waals surface area contributed by atoms with E-state index in [2.05, 4.69) is 5.32 Å². The van der Waals surface area contributed by atoms with Crippen LogP contribution in [0.15, 0.2) is 18.2 Å². The summed E-state index contributed by atoms with van der Waals surface area (Å²) in [5.74, 6) is 0.746. The van der Waals surface area contributed by atoms with Gasteiger partial charge in [0.1, 0.15) is 5.75 Å². The molecular formula is C12H18N2O2. The minimum atomic E-state index is -0.0751. The third-order valence-electron chi connectivity index (χ3n) is 2.06. The maximum absolute atomic E-state index is 10.9. The quantitative estimate of drug-likeness (QED) is 0.848. The van der Waals surface area contributed by atoms with E-state index in [0.717, 1.165) is 17.1 Å². The Morgan fingerprint density at radius 1 is 1.44 bits per heavy atom. The fourth-order valence-corrected chi connectivity index (χ4v) is 1.43. The topological polar surface area (TPSA) is 41.6 Å². The van der Waals surface area contributed by atoms with Crippen LogP contribution in [0.25, 0.3) is 0 Å². The minimum absolute atomic E-state index is 0.0751. The average molecular weight is 222 g/mol. The fourth-order valence-electron chi connectivity index (χ4n) is 1.43. The zero-order valence-corrected chi connectivity index (χ0v) is 10.2. The lowest BCUT2D eigenvalue weighted by molar-refractivity contribution is -0.114. The van der Waals surface area contributed by atoms with Crippen molar-refractivity contribution in [1.82, 2.24) is 0 Å². The predicted molar refractivity (Wildman–Crippen MR) is 66.2 cm³/mol. The van der Waals surface area contributed by atoms with Crippen molar-refractivity contribution in [3.05, 3.63) is 18.2 Å². The van der Waals surface area contributed by atoms with E-state index in [-0.39, 0.29) is 5.91 Å². The smallest absolute Gasteiger partial charge is 0.221 e. The van der Waals surface area contributed by atoms with E-state index in [0.29, 0.717) is 6.61 Å². The lowest BCUT2D eigenvalue weighted by Gasteiger charge is -2.18. The van der Waals surface area contributed by atoms with Gasteiger partial charge in [0.15, 0.2) is 0 Å². The summed E-state index contributed by atoms with van der Waals surface area (Å²) in [6.45, 7) is 4.06. The molecule has 0 bridgehead atoms. The number of rotatable bonds is 4. The second-order valence-corrected chi connectivity index (χ2v) is 3.69. The van der Waals surface area contributed by atoms with Crippen LogP contribution in [0.3, 0.4) is 0 Å². The van der Waals surface area contributed by atoms with Crippen molar-refractivity contribution < 1.29 is 9.53 Å². The van der Waals surface area contributed by atoms with Gasteiger partial charge in [-0.1, -0.05) is 0 Å². The van der Waals surface area contributed by atoms with Gasteiger partial charge in [0.25, 0.3) is 0 Å². The van der Waals surface area contributed by atoms with Gasteiger partial charge >= 0.3 is 0 Å². The highest BCUT2D eigenvalue weighted by molar-refractivity contribution is 5.89. The Balaban J connectivity index is 3.02. The summed E-state index contributed by atoms with van der Waals surface area (Å²) in [6.07, 6.45) is 0. The van der Waals surface area contributed by atoms with Gasteiger partial charge in [-0.3, -0.25) is 4.79 Å². The Bertz CT molecular complexity index is 375. The van der Waals surface area contributed by atoms with Gasteiger partial charge in [0.05, 0.1) is 12.3 Å². The number of ether oxygens (including phenoxy) is 1. The van der Waals surface area contributed by atoms with Crippen LogP contribution in [0.4, 0.5) is 11.4 Å². The lowest BCUT2D eigenvalue weighted by Crippen LogP contribution is -2.12. The molecule has 0 spiro atoms. The third-order valence-corrected chi connectivity index (χ3v) is 2.06. The fraction of sp³-hybridized carbons (Fsp3) is 0.417. The molecule has 1 aromatic carbocycles. The van der Waals surface area contributed by atoms with Crippen molar-refractivity contribution in [2.45, 2.75) is 13.8 Å². The molecule has 0 aliphatic heterocycles. The maximum atomic E-state index is 10.9. The van der Waals surface area contributed by atoms with E-state index < -0.39 is 0 Å². The number of amides is 1. The first-order chi connectivity index (χ1) is 7.54. The number of hydrogen-bond acceptors (Lipinski definition) is 3. The van der Waals surface area contributed by atoms with Gasteiger partial charge in [-0.25, -0.2) is 0 Å². The molecule has 0 saturated carbocycles.